The molecule has 3 rings (SSSR count). The van der Waals surface area contributed by atoms with Gasteiger partial charge >= 0.3 is 0 Å². The molecule has 1 atom stereocenters. The molecule has 0 bridgehead atoms. The predicted octanol–water partition coefficient (Wildman–Crippen LogP) is 3.87. The van der Waals surface area contributed by atoms with E-state index in [-0.39, 0.29) is 23.4 Å². The molecule has 2 aromatic carbocycles. The summed E-state index contributed by atoms with van der Waals surface area (Å²) in [5.41, 5.74) is -0.227. The maximum absolute atomic E-state index is 13.7. The lowest BCUT2D eigenvalue weighted by molar-refractivity contribution is -0.122. The lowest BCUT2D eigenvalue weighted by Crippen LogP contribution is -2.45. The van der Waals surface area contributed by atoms with Gasteiger partial charge in [0.05, 0.1) is 4.90 Å². The molecule has 1 N–H and O–H groups in total. The fourth-order valence-corrected chi connectivity index (χ4v) is 5.23. The number of amides is 1. The number of nitrogens with zero attached hydrogens (tertiary/aromatic N) is 1. The zero-order chi connectivity index (χ0) is 21.0. The first-order valence-electron chi connectivity index (χ1n) is 9.26. The van der Waals surface area contributed by atoms with E-state index in [1.165, 1.54) is 34.6 Å². The Balaban J connectivity index is 1.69. The van der Waals surface area contributed by atoms with Gasteiger partial charge < -0.3 is 5.32 Å². The van der Waals surface area contributed by atoms with Gasteiger partial charge in [0.1, 0.15) is 11.6 Å². The third-order valence-corrected chi connectivity index (χ3v) is 7.16. The largest absolute Gasteiger partial charge is 0.352 e. The second-order valence-corrected chi connectivity index (χ2v) is 9.23. The number of benzene rings is 2. The standard InChI is InChI=1S/C20H21ClF2N2O3S/c21-14-7-9-16(10-8-14)29(27,28)25-11-2-1-4-15(25)12-20(26)24-13-17-18(22)5-3-6-19(17)23/h3,5-10,15H,1-2,4,11-13H2,(H,24,26). The summed E-state index contributed by atoms with van der Waals surface area (Å²) in [5.74, 6) is -1.94. The minimum absolute atomic E-state index is 0.0805. The zero-order valence-electron chi connectivity index (χ0n) is 15.6. The third kappa shape index (κ3) is 5.12. The fraction of sp³-hybridized carbons (Fsp3) is 0.350. The molecule has 1 unspecified atom stereocenters. The molecule has 9 heteroatoms. The minimum atomic E-state index is -3.78. The Morgan fingerprint density at radius 2 is 1.76 bits per heavy atom. The molecule has 1 aliphatic heterocycles. The highest BCUT2D eigenvalue weighted by molar-refractivity contribution is 7.89. The van der Waals surface area contributed by atoms with Crippen molar-refractivity contribution in [3.63, 3.8) is 0 Å². The lowest BCUT2D eigenvalue weighted by atomic mass is 10.0. The van der Waals surface area contributed by atoms with Crippen LogP contribution in [0.2, 0.25) is 5.02 Å². The van der Waals surface area contributed by atoms with Gasteiger partial charge in [-0.3, -0.25) is 4.79 Å². The summed E-state index contributed by atoms with van der Waals surface area (Å²) in [6, 6.07) is 8.84. The maximum Gasteiger partial charge on any atom is 0.243 e. The summed E-state index contributed by atoms with van der Waals surface area (Å²) in [7, 11) is -3.78. The molecule has 0 spiro atoms. The molecule has 29 heavy (non-hydrogen) atoms. The van der Waals surface area contributed by atoms with Crippen LogP contribution in [0.5, 0.6) is 0 Å². The molecular formula is C20H21ClF2N2O3S. The van der Waals surface area contributed by atoms with E-state index in [0.29, 0.717) is 24.4 Å². The van der Waals surface area contributed by atoms with E-state index >= 15 is 0 Å². The van der Waals surface area contributed by atoms with E-state index in [0.717, 1.165) is 18.6 Å². The van der Waals surface area contributed by atoms with E-state index < -0.39 is 33.6 Å². The molecule has 2 aromatic rings. The van der Waals surface area contributed by atoms with Crippen molar-refractivity contribution in [2.45, 2.75) is 43.2 Å². The molecule has 0 saturated carbocycles. The SMILES string of the molecule is O=C(CC1CCCCN1S(=O)(=O)c1ccc(Cl)cc1)NCc1c(F)cccc1F. The van der Waals surface area contributed by atoms with Crippen molar-refractivity contribution >= 4 is 27.5 Å². The van der Waals surface area contributed by atoms with E-state index in [2.05, 4.69) is 5.32 Å². The zero-order valence-corrected chi connectivity index (χ0v) is 17.1. The normalized spacial score (nSPS) is 17.8. The van der Waals surface area contributed by atoms with Gasteiger partial charge in [0, 0.05) is 36.1 Å². The topological polar surface area (TPSA) is 66.5 Å². The Morgan fingerprint density at radius 3 is 2.41 bits per heavy atom. The Hall–Kier alpha value is -2.03. The molecule has 1 amide bonds. The first-order chi connectivity index (χ1) is 13.8. The van der Waals surface area contributed by atoms with Crippen LogP contribution in [-0.4, -0.2) is 31.2 Å². The van der Waals surface area contributed by atoms with E-state index in [1.807, 2.05) is 0 Å². The number of halogens is 3. The Kier molecular flexibility index (Phi) is 6.87. The highest BCUT2D eigenvalue weighted by Crippen LogP contribution is 2.28. The second-order valence-electron chi connectivity index (χ2n) is 6.90. The van der Waals surface area contributed by atoms with Crippen LogP contribution in [0.3, 0.4) is 0 Å². The van der Waals surface area contributed by atoms with Crippen molar-refractivity contribution in [3.05, 3.63) is 64.7 Å². The fourth-order valence-electron chi connectivity index (χ4n) is 3.41. The van der Waals surface area contributed by atoms with Gasteiger partial charge in [0.15, 0.2) is 0 Å². The van der Waals surface area contributed by atoms with Crippen LogP contribution < -0.4 is 5.32 Å². The van der Waals surface area contributed by atoms with E-state index in [1.54, 1.807) is 0 Å². The molecular weight excluding hydrogens is 422 g/mol. The average Bonchev–Trinajstić information content (AvgIpc) is 2.68. The van der Waals surface area contributed by atoms with Gasteiger partial charge in [-0.15, -0.1) is 0 Å². The van der Waals surface area contributed by atoms with Crippen LogP contribution in [0, 0.1) is 11.6 Å². The molecule has 0 radical (unpaired) electrons. The number of hydrogen-bond donors (Lipinski definition) is 1. The maximum atomic E-state index is 13.7. The van der Waals surface area contributed by atoms with Crippen molar-refractivity contribution in [1.82, 2.24) is 9.62 Å². The lowest BCUT2D eigenvalue weighted by Gasteiger charge is -2.34. The third-order valence-electron chi connectivity index (χ3n) is 4.94. The Labute approximate surface area is 173 Å². The molecule has 156 valence electrons. The van der Waals surface area contributed by atoms with Crippen LogP contribution in [0.4, 0.5) is 8.78 Å². The number of hydrogen-bond acceptors (Lipinski definition) is 3. The molecule has 0 aromatic heterocycles. The minimum Gasteiger partial charge on any atom is -0.352 e. The highest BCUT2D eigenvalue weighted by atomic mass is 35.5. The second kappa shape index (κ2) is 9.19. The monoisotopic (exact) mass is 442 g/mol. The van der Waals surface area contributed by atoms with Crippen LogP contribution in [0.25, 0.3) is 0 Å². The van der Waals surface area contributed by atoms with Crippen LogP contribution in [-0.2, 0) is 21.4 Å². The van der Waals surface area contributed by atoms with Gasteiger partial charge in [0.2, 0.25) is 15.9 Å². The quantitative estimate of drug-likeness (QED) is 0.738. The van der Waals surface area contributed by atoms with Gasteiger partial charge in [-0.05, 0) is 49.2 Å². The number of carbonyl (C=O) groups is 1. The van der Waals surface area contributed by atoms with Crippen LogP contribution in [0.1, 0.15) is 31.2 Å². The van der Waals surface area contributed by atoms with Gasteiger partial charge in [0.25, 0.3) is 0 Å². The van der Waals surface area contributed by atoms with Gasteiger partial charge in [-0.2, -0.15) is 4.31 Å². The van der Waals surface area contributed by atoms with Gasteiger partial charge in [-0.1, -0.05) is 24.1 Å². The Morgan fingerprint density at radius 1 is 1.10 bits per heavy atom. The predicted molar refractivity (Wildman–Crippen MR) is 106 cm³/mol. The van der Waals surface area contributed by atoms with Crippen molar-refractivity contribution < 1.29 is 22.0 Å². The van der Waals surface area contributed by atoms with E-state index in [9.17, 15) is 22.0 Å². The highest BCUT2D eigenvalue weighted by Gasteiger charge is 2.34. The molecule has 1 aliphatic rings. The van der Waals surface area contributed by atoms with E-state index in [4.69, 9.17) is 11.6 Å². The van der Waals surface area contributed by atoms with Crippen molar-refractivity contribution in [1.29, 1.82) is 0 Å². The number of piperidine rings is 1. The first kappa shape index (κ1) is 21.7. The molecule has 1 heterocycles. The van der Waals surface area contributed by atoms with Gasteiger partial charge in [-0.25, -0.2) is 17.2 Å². The summed E-state index contributed by atoms with van der Waals surface area (Å²) in [6.07, 6.45) is 1.95. The van der Waals surface area contributed by atoms with Crippen molar-refractivity contribution in [2.75, 3.05) is 6.54 Å². The van der Waals surface area contributed by atoms with Crippen molar-refractivity contribution in [3.8, 4) is 0 Å². The molecule has 5 nitrogen and oxygen atoms in total. The van der Waals surface area contributed by atoms with Crippen LogP contribution in [0.15, 0.2) is 47.4 Å². The molecule has 0 aliphatic carbocycles. The number of sulfonamides is 1. The number of nitrogens with one attached hydrogen (secondary N) is 1. The summed E-state index contributed by atoms with van der Waals surface area (Å²) in [4.78, 5) is 12.5. The number of carbonyl (C=O) groups excluding carboxylic acids is 1. The van der Waals surface area contributed by atoms with Crippen molar-refractivity contribution in [2.24, 2.45) is 0 Å². The smallest absolute Gasteiger partial charge is 0.243 e. The summed E-state index contributed by atoms with van der Waals surface area (Å²) in [5, 5.41) is 2.92. The average molecular weight is 443 g/mol. The molecule has 1 fully saturated rings. The number of rotatable bonds is 6. The summed E-state index contributed by atoms with van der Waals surface area (Å²) < 4.78 is 54.8. The summed E-state index contributed by atoms with van der Waals surface area (Å²) in [6.45, 7) is 0.0127. The Bertz CT molecular complexity index is 963. The summed E-state index contributed by atoms with van der Waals surface area (Å²) >= 11 is 5.84. The first-order valence-corrected chi connectivity index (χ1v) is 11.1. The molecule has 1 saturated heterocycles. The van der Waals surface area contributed by atoms with Crippen LogP contribution >= 0.6 is 11.6 Å².